The number of nitrogens with one attached hydrogen (secondary N) is 1. The van der Waals surface area contributed by atoms with Crippen LogP contribution in [0.4, 0.5) is 4.39 Å². The smallest absolute Gasteiger partial charge is 0.261 e. The number of benzene rings is 3. The number of halogens is 1. The fourth-order valence-corrected chi connectivity index (χ4v) is 4.03. The standard InChI is InChI=1S/C30H35FN2O3/c1-5-23(4)32-30(35)28(18-24-9-7-6-8-10-24)33(19-25-11-13-26(31)14-12-25)29(34)20-36-27-16-21(2)15-22(3)17-27/h6-17,23,28H,5,18-20H2,1-4H3,(H,32,35)/t23-,28+/m1/s1. The molecule has 0 aromatic heterocycles. The number of carbonyl (C=O) groups excluding carboxylic acids is 2. The number of rotatable bonds is 11. The number of carbonyl (C=O) groups is 2. The largest absolute Gasteiger partial charge is 0.484 e. The summed E-state index contributed by atoms with van der Waals surface area (Å²) < 4.78 is 19.4. The molecule has 36 heavy (non-hydrogen) atoms. The molecule has 1 N–H and O–H groups in total. The summed E-state index contributed by atoms with van der Waals surface area (Å²) in [6, 6.07) is 20.6. The minimum atomic E-state index is -0.762. The zero-order chi connectivity index (χ0) is 26.1. The molecule has 0 saturated carbocycles. The SMILES string of the molecule is CC[C@@H](C)NC(=O)[C@H](Cc1ccccc1)N(Cc1ccc(F)cc1)C(=O)COc1cc(C)cc(C)c1. The molecule has 0 aliphatic heterocycles. The Hall–Kier alpha value is -3.67. The second kappa shape index (κ2) is 12.9. The third kappa shape index (κ3) is 7.94. The van der Waals surface area contributed by atoms with Gasteiger partial charge < -0.3 is 15.0 Å². The lowest BCUT2D eigenvalue weighted by Crippen LogP contribution is -2.53. The monoisotopic (exact) mass is 490 g/mol. The van der Waals surface area contributed by atoms with Gasteiger partial charge in [-0.15, -0.1) is 0 Å². The van der Waals surface area contributed by atoms with Gasteiger partial charge in [-0.3, -0.25) is 9.59 Å². The van der Waals surface area contributed by atoms with Gasteiger partial charge in [-0.1, -0.05) is 55.5 Å². The van der Waals surface area contributed by atoms with Gasteiger partial charge in [0.15, 0.2) is 6.61 Å². The van der Waals surface area contributed by atoms with Crippen molar-refractivity contribution >= 4 is 11.8 Å². The van der Waals surface area contributed by atoms with Crippen molar-refractivity contribution in [3.8, 4) is 5.75 Å². The number of nitrogens with zero attached hydrogens (tertiary/aromatic N) is 1. The summed E-state index contributed by atoms with van der Waals surface area (Å²) in [5, 5.41) is 3.04. The predicted octanol–water partition coefficient (Wildman–Crippen LogP) is 5.38. The van der Waals surface area contributed by atoms with Crippen LogP contribution in [0.2, 0.25) is 0 Å². The van der Waals surface area contributed by atoms with Gasteiger partial charge in [0.25, 0.3) is 5.91 Å². The highest BCUT2D eigenvalue weighted by Crippen LogP contribution is 2.19. The minimum absolute atomic E-state index is 0.0370. The first-order valence-electron chi connectivity index (χ1n) is 12.3. The number of aryl methyl sites for hydroxylation is 2. The number of ether oxygens (including phenoxy) is 1. The van der Waals surface area contributed by atoms with Crippen LogP contribution in [0.5, 0.6) is 5.75 Å². The normalized spacial score (nSPS) is 12.5. The van der Waals surface area contributed by atoms with E-state index >= 15 is 0 Å². The number of amides is 2. The molecule has 0 fully saturated rings. The maximum absolute atomic E-state index is 13.6. The van der Waals surface area contributed by atoms with Crippen molar-refractivity contribution in [2.24, 2.45) is 0 Å². The van der Waals surface area contributed by atoms with Crippen LogP contribution in [0.3, 0.4) is 0 Å². The molecule has 3 aromatic rings. The molecule has 0 aliphatic carbocycles. The zero-order valence-electron chi connectivity index (χ0n) is 21.5. The Labute approximate surface area is 213 Å². The summed E-state index contributed by atoms with van der Waals surface area (Å²) in [5.41, 5.74) is 3.74. The zero-order valence-corrected chi connectivity index (χ0v) is 21.5. The summed E-state index contributed by atoms with van der Waals surface area (Å²) in [6.45, 7) is 7.81. The van der Waals surface area contributed by atoms with Gasteiger partial charge in [-0.05, 0) is 73.7 Å². The molecule has 0 aliphatic rings. The summed E-state index contributed by atoms with van der Waals surface area (Å²) in [5.74, 6) is -0.301. The van der Waals surface area contributed by atoms with E-state index in [4.69, 9.17) is 4.74 Å². The molecule has 0 spiro atoms. The molecule has 3 rings (SSSR count). The lowest BCUT2D eigenvalue weighted by Gasteiger charge is -2.32. The van der Waals surface area contributed by atoms with Gasteiger partial charge in [0.05, 0.1) is 0 Å². The second-order valence-corrected chi connectivity index (χ2v) is 9.28. The Bertz CT molecular complexity index is 1130. The third-order valence-electron chi connectivity index (χ3n) is 6.10. The van der Waals surface area contributed by atoms with Gasteiger partial charge >= 0.3 is 0 Å². The summed E-state index contributed by atoms with van der Waals surface area (Å²) in [4.78, 5) is 28.6. The van der Waals surface area contributed by atoms with Crippen LogP contribution in [0.25, 0.3) is 0 Å². The summed E-state index contributed by atoms with van der Waals surface area (Å²) in [7, 11) is 0. The Morgan fingerprint density at radius 2 is 1.58 bits per heavy atom. The highest BCUT2D eigenvalue weighted by atomic mass is 19.1. The molecule has 2 atom stereocenters. The van der Waals surface area contributed by atoms with Crippen LogP contribution in [0.1, 0.15) is 42.5 Å². The van der Waals surface area contributed by atoms with E-state index in [1.54, 1.807) is 17.0 Å². The second-order valence-electron chi connectivity index (χ2n) is 9.28. The van der Waals surface area contributed by atoms with Crippen LogP contribution in [-0.2, 0) is 22.6 Å². The van der Waals surface area contributed by atoms with Crippen LogP contribution < -0.4 is 10.1 Å². The molecule has 0 unspecified atom stereocenters. The number of hydrogen-bond donors (Lipinski definition) is 1. The van der Waals surface area contributed by atoms with E-state index in [9.17, 15) is 14.0 Å². The molecule has 3 aromatic carbocycles. The highest BCUT2D eigenvalue weighted by Gasteiger charge is 2.31. The Kier molecular flexibility index (Phi) is 9.62. The first kappa shape index (κ1) is 26.9. The lowest BCUT2D eigenvalue weighted by molar-refractivity contribution is -0.143. The van der Waals surface area contributed by atoms with E-state index < -0.39 is 6.04 Å². The van der Waals surface area contributed by atoms with Gasteiger partial charge in [-0.2, -0.15) is 0 Å². The molecular formula is C30H35FN2O3. The molecular weight excluding hydrogens is 455 g/mol. The van der Waals surface area contributed by atoms with E-state index in [2.05, 4.69) is 5.32 Å². The molecule has 0 radical (unpaired) electrons. The van der Waals surface area contributed by atoms with Gasteiger partial charge in [-0.25, -0.2) is 4.39 Å². The van der Waals surface area contributed by atoms with Crippen molar-refractivity contribution in [3.05, 3.63) is 101 Å². The van der Waals surface area contributed by atoms with Crippen LogP contribution in [-0.4, -0.2) is 35.4 Å². The molecule has 2 amide bonds. The molecule has 0 bridgehead atoms. The van der Waals surface area contributed by atoms with E-state index in [-0.39, 0.29) is 36.8 Å². The van der Waals surface area contributed by atoms with Crippen molar-refractivity contribution in [1.29, 1.82) is 0 Å². The van der Waals surface area contributed by atoms with Crippen LogP contribution >= 0.6 is 0 Å². The first-order valence-corrected chi connectivity index (χ1v) is 12.3. The van der Waals surface area contributed by atoms with Crippen molar-refractivity contribution in [3.63, 3.8) is 0 Å². The van der Waals surface area contributed by atoms with E-state index in [1.807, 2.05) is 76.2 Å². The van der Waals surface area contributed by atoms with Crippen molar-refractivity contribution < 1.29 is 18.7 Å². The van der Waals surface area contributed by atoms with E-state index in [0.717, 1.165) is 28.7 Å². The summed E-state index contributed by atoms with van der Waals surface area (Å²) in [6.07, 6.45) is 1.12. The Balaban J connectivity index is 1.91. The molecule has 5 nitrogen and oxygen atoms in total. The maximum atomic E-state index is 13.6. The molecule has 0 saturated heterocycles. The fourth-order valence-electron chi connectivity index (χ4n) is 4.03. The molecule has 0 heterocycles. The fraction of sp³-hybridized carbons (Fsp3) is 0.333. The quantitative estimate of drug-likeness (QED) is 0.393. The molecule has 190 valence electrons. The maximum Gasteiger partial charge on any atom is 0.261 e. The Morgan fingerprint density at radius 3 is 2.19 bits per heavy atom. The highest BCUT2D eigenvalue weighted by molar-refractivity contribution is 5.88. The minimum Gasteiger partial charge on any atom is -0.484 e. The topological polar surface area (TPSA) is 58.6 Å². The van der Waals surface area contributed by atoms with Crippen molar-refractivity contribution in [1.82, 2.24) is 10.2 Å². The van der Waals surface area contributed by atoms with Gasteiger partial charge in [0, 0.05) is 19.0 Å². The lowest BCUT2D eigenvalue weighted by atomic mass is 10.0. The average molecular weight is 491 g/mol. The number of hydrogen-bond acceptors (Lipinski definition) is 3. The van der Waals surface area contributed by atoms with Crippen molar-refractivity contribution in [2.45, 2.75) is 59.2 Å². The third-order valence-corrected chi connectivity index (χ3v) is 6.10. The molecule has 6 heteroatoms. The van der Waals surface area contributed by atoms with E-state index in [1.165, 1.54) is 12.1 Å². The van der Waals surface area contributed by atoms with Crippen molar-refractivity contribution in [2.75, 3.05) is 6.61 Å². The van der Waals surface area contributed by atoms with Gasteiger partial charge in [0.1, 0.15) is 17.6 Å². The first-order chi connectivity index (χ1) is 17.2. The predicted molar refractivity (Wildman–Crippen MR) is 140 cm³/mol. The van der Waals surface area contributed by atoms with Crippen LogP contribution in [0, 0.1) is 19.7 Å². The van der Waals surface area contributed by atoms with Gasteiger partial charge in [0.2, 0.25) is 5.91 Å². The van der Waals surface area contributed by atoms with Crippen LogP contribution in [0.15, 0.2) is 72.8 Å². The average Bonchev–Trinajstić information content (AvgIpc) is 2.85. The summed E-state index contributed by atoms with van der Waals surface area (Å²) >= 11 is 0. The Morgan fingerprint density at radius 1 is 0.944 bits per heavy atom. The van der Waals surface area contributed by atoms with E-state index in [0.29, 0.717) is 12.2 Å².